The number of hydrogen-bond donors (Lipinski definition) is 3. The van der Waals surface area contributed by atoms with E-state index >= 15 is 0 Å². The zero-order chi connectivity index (χ0) is 11.5. The van der Waals surface area contributed by atoms with E-state index in [9.17, 15) is 10.2 Å². The predicted molar refractivity (Wildman–Crippen MR) is 60.5 cm³/mol. The molecule has 1 rings (SSSR count). The van der Waals surface area contributed by atoms with Gasteiger partial charge in [0, 0.05) is 13.0 Å². The third-order valence-corrected chi connectivity index (χ3v) is 2.20. The molecule has 0 spiro atoms. The molecule has 0 aliphatic heterocycles. The molecule has 0 bridgehead atoms. The first kappa shape index (κ1) is 12.2. The Morgan fingerprint density at radius 1 is 1.40 bits per heavy atom. The van der Waals surface area contributed by atoms with E-state index in [0.29, 0.717) is 6.42 Å². The van der Waals surface area contributed by atoms with Crippen molar-refractivity contribution in [3.8, 4) is 0 Å². The van der Waals surface area contributed by atoms with Crippen LogP contribution in [-0.2, 0) is 6.42 Å². The molecule has 0 aliphatic rings. The molecule has 0 radical (unpaired) electrons. The van der Waals surface area contributed by atoms with E-state index in [0.717, 1.165) is 11.1 Å². The molecule has 0 fully saturated rings. The van der Waals surface area contributed by atoms with Crippen LogP contribution >= 0.6 is 0 Å². The van der Waals surface area contributed by atoms with E-state index in [4.69, 9.17) is 5.73 Å². The third kappa shape index (κ3) is 4.00. The summed E-state index contributed by atoms with van der Waals surface area (Å²) < 4.78 is 0. The monoisotopic (exact) mass is 209 g/mol. The molecule has 0 aliphatic carbocycles. The van der Waals surface area contributed by atoms with Gasteiger partial charge in [-0.1, -0.05) is 24.3 Å². The average Bonchev–Trinajstić information content (AvgIpc) is 2.14. The van der Waals surface area contributed by atoms with Crippen LogP contribution in [0.15, 0.2) is 24.3 Å². The molecule has 1 unspecified atom stereocenters. The van der Waals surface area contributed by atoms with Gasteiger partial charge >= 0.3 is 0 Å². The molecular formula is C12H19NO2. The normalized spacial score (nSPS) is 13.9. The minimum Gasteiger partial charge on any atom is -0.390 e. The van der Waals surface area contributed by atoms with Crippen molar-refractivity contribution >= 4 is 0 Å². The van der Waals surface area contributed by atoms with Gasteiger partial charge in [-0.3, -0.25) is 0 Å². The molecule has 0 saturated heterocycles. The molecule has 4 N–H and O–H groups in total. The van der Waals surface area contributed by atoms with E-state index in [-0.39, 0.29) is 6.54 Å². The highest BCUT2D eigenvalue weighted by atomic mass is 16.3. The van der Waals surface area contributed by atoms with Crippen molar-refractivity contribution in [1.29, 1.82) is 0 Å². The Hall–Kier alpha value is -0.900. The first-order valence-electron chi connectivity index (χ1n) is 5.12. The summed E-state index contributed by atoms with van der Waals surface area (Å²) in [5.41, 5.74) is 6.46. The third-order valence-electron chi connectivity index (χ3n) is 2.20. The van der Waals surface area contributed by atoms with Crippen molar-refractivity contribution in [1.82, 2.24) is 0 Å². The lowest BCUT2D eigenvalue weighted by Gasteiger charge is -2.18. The Kier molecular flexibility index (Phi) is 3.85. The van der Waals surface area contributed by atoms with Crippen molar-refractivity contribution in [2.45, 2.75) is 32.0 Å². The van der Waals surface area contributed by atoms with E-state index < -0.39 is 11.7 Å². The van der Waals surface area contributed by atoms with Crippen LogP contribution in [0.1, 0.15) is 31.1 Å². The summed E-state index contributed by atoms with van der Waals surface area (Å²) in [5.74, 6) is 0. The summed E-state index contributed by atoms with van der Waals surface area (Å²) in [7, 11) is 0. The Balaban J connectivity index is 2.83. The second kappa shape index (κ2) is 4.75. The summed E-state index contributed by atoms with van der Waals surface area (Å²) in [6.07, 6.45) is -0.0512. The molecule has 1 atom stereocenters. The maximum Gasteiger partial charge on any atom is 0.0912 e. The standard InChI is InChI=1S/C12H19NO2/c1-12(2,15)7-9-4-3-5-10(6-9)11(14)8-13/h3-6,11,14-15H,7-8,13H2,1-2H3. The second-order valence-electron chi connectivity index (χ2n) is 4.49. The van der Waals surface area contributed by atoms with Gasteiger partial charge in [0.05, 0.1) is 11.7 Å². The SMILES string of the molecule is CC(C)(O)Cc1cccc(C(O)CN)c1. The quantitative estimate of drug-likeness (QED) is 0.693. The first-order valence-corrected chi connectivity index (χ1v) is 5.12. The van der Waals surface area contributed by atoms with Crippen molar-refractivity contribution in [2.75, 3.05) is 6.54 Å². The Morgan fingerprint density at radius 3 is 2.60 bits per heavy atom. The molecule has 3 heteroatoms. The lowest BCUT2D eigenvalue weighted by molar-refractivity contribution is 0.0809. The minimum atomic E-state index is -0.730. The van der Waals surface area contributed by atoms with Gasteiger partial charge in [-0.25, -0.2) is 0 Å². The van der Waals surface area contributed by atoms with Crippen molar-refractivity contribution in [3.63, 3.8) is 0 Å². The second-order valence-corrected chi connectivity index (χ2v) is 4.49. The number of nitrogens with two attached hydrogens (primary N) is 1. The molecule has 3 nitrogen and oxygen atoms in total. The fraction of sp³-hybridized carbons (Fsp3) is 0.500. The van der Waals surface area contributed by atoms with E-state index in [2.05, 4.69) is 0 Å². The number of aliphatic hydroxyl groups excluding tert-OH is 1. The molecular weight excluding hydrogens is 190 g/mol. The van der Waals surface area contributed by atoms with Crippen LogP contribution in [0.5, 0.6) is 0 Å². The van der Waals surface area contributed by atoms with Gasteiger partial charge in [-0.05, 0) is 25.0 Å². The molecule has 1 aromatic carbocycles. The molecule has 15 heavy (non-hydrogen) atoms. The summed E-state index contributed by atoms with van der Waals surface area (Å²) in [6, 6.07) is 7.53. The van der Waals surface area contributed by atoms with Crippen molar-refractivity contribution < 1.29 is 10.2 Å². The fourth-order valence-corrected chi connectivity index (χ4v) is 1.55. The lowest BCUT2D eigenvalue weighted by Crippen LogP contribution is -2.22. The van der Waals surface area contributed by atoms with E-state index in [1.807, 2.05) is 24.3 Å². The highest BCUT2D eigenvalue weighted by Gasteiger charge is 2.14. The van der Waals surface area contributed by atoms with Gasteiger partial charge in [0.25, 0.3) is 0 Å². The number of benzene rings is 1. The fourth-order valence-electron chi connectivity index (χ4n) is 1.55. The van der Waals surface area contributed by atoms with Gasteiger partial charge in [0.2, 0.25) is 0 Å². The summed E-state index contributed by atoms with van der Waals surface area (Å²) >= 11 is 0. The van der Waals surface area contributed by atoms with Crippen molar-refractivity contribution in [2.24, 2.45) is 5.73 Å². The molecule has 84 valence electrons. The van der Waals surface area contributed by atoms with Crippen LogP contribution in [-0.4, -0.2) is 22.4 Å². The van der Waals surface area contributed by atoms with Crippen LogP contribution < -0.4 is 5.73 Å². The van der Waals surface area contributed by atoms with Gasteiger partial charge in [0.1, 0.15) is 0 Å². The zero-order valence-electron chi connectivity index (χ0n) is 9.27. The van der Waals surface area contributed by atoms with Gasteiger partial charge in [-0.2, -0.15) is 0 Å². The lowest BCUT2D eigenvalue weighted by atomic mass is 9.96. The van der Waals surface area contributed by atoms with Gasteiger partial charge in [0.15, 0.2) is 0 Å². The van der Waals surface area contributed by atoms with Crippen LogP contribution in [0.25, 0.3) is 0 Å². The number of rotatable bonds is 4. The summed E-state index contributed by atoms with van der Waals surface area (Å²) in [4.78, 5) is 0. The molecule has 0 amide bonds. The maximum atomic E-state index is 9.67. The average molecular weight is 209 g/mol. The summed E-state index contributed by atoms with van der Waals surface area (Å²) in [6.45, 7) is 3.74. The predicted octanol–water partition coefficient (Wildman–Crippen LogP) is 0.992. The topological polar surface area (TPSA) is 66.5 Å². The van der Waals surface area contributed by atoms with Gasteiger partial charge in [-0.15, -0.1) is 0 Å². The van der Waals surface area contributed by atoms with Crippen LogP contribution in [0.4, 0.5) is 0 Å². The Morgan fingerprint density at radius 2 is 2.07 bits per heavy atom. The smallest absolute Gasteiger partial charge is 0.0912 e. The largest absolute Gasteiger partial charge is 0.390 e. The summed E-state index contributed by atoms with van der Waals surface area (Å²) in [5, 5.41) is 19.2. The van der Waals surface area contributed by atoms with Gasteiger partial charge < -0.3 is 15.9 Å². The van der Waals surface area contributed by atoms with E-state index in [1.165, 1.54) is 0 Å². The van der Waals surface area contributed by atoms with Crippen LogP contribution in [0, 0.1) is 0 Å². The number of hydrogen-bond acceptors (Lipinski definition) is 3. The highest BCUT2D eigenvalue weighted by Crippen LogP contribution is 2.17. The molecule has 0 heterocycles. The highest BCUT2D eigenvalue weighted by molar-refractivity contribution is 5.26. The molecule has 1 aromatic rings. The van der Waals surface area contributed by atoms with Crippen molar-refractivity contribution in [3.05, 3.63) is 35.4 Å². The van der Waals surface area contributed by atoms with Crippen LogP contribution in [0.3, 0.4) is 0 Å². The first-order chi connectivity index (χ1) is 6.92. The molecule has 0 aromatic heterocycles. The molecule has 0 saturated carbocycles. The van der Waals surface area contributed by atoms with Crippen LogP contribution in [0.2, 0.25) is 0 Å². The minimum absolute atomic E-state index is 0.214. The number of aliphatic hydroxyl groups is 2. The Bertz CT molecular complexity index is 318. The maximum absolute atomic E-state index is 9.67. The zero-order valence-corrected chi connectivity index (χ0v) is 9.27. The van der Waals surface area contributed by atoms with E-state index in [1.54, 1.807) is 13.8 Å². The Labute approximate surface area is 90.5 Å².